The molecule has 0 radical (unpaired) electrons. The van der Waals surface area contributed by atoms with Gasteiger partial charge in [-0.2, -0.15) is 0 Å². The van der Waals surface area contributed by atoms with Gasteiger partial charge in [0.05, 0.1) is 14.2 Å². The van der Waals surface area contributed by atoms with Crippen LogP contribution in [0.25, 0.3) is 0 Å². The lowest BCUT2D eigenvalue weighted by molar-refractivity contribution is -0.107. The molecule has 1 aromatic rings. The second-order valence-electron chi connectivity index (χ2n) is 2.99. The first-order valence-electron chi connectivity index (χ1n) is 4.57. The van der Waals surface area contributed by atoms with Crippen LogP contribution in [-0.2, 0) is 11.2 Å². The maximum Gasteiger partial charge on any atom is 0.130 e. The third-order valence-electron chi connectivity index (χ3n) is 2.08. The van der Waals surface area contributed by atoms with Gasteiger partial charge in [-0.25, -0.2) is 4.39 Å². The summed E-state index contributed by atoms with van der Waals surface area (Å²) in [6, 6.07) is 2.56. The maximum absolute atomic E-state index is 13.1. The number of benzene rings is 1. The van der Waals surface area contributed by atoms with Crippen LogP contribution < -0.4 is 9.47 Å². The zero-order chi connectivity index (χ0) is 11.3. The third kappa shape index (κ3) is 2.68. The van der Waals surface area contributed by atoms with Crippen molar-refractivity contribution in [3.63, 3.8) is 0 Å². The van der Waals surface area contributed by atoms with Crippen molar-refractivity contribution in [2.45, 2.75) is 12.8 Å². The van der Waals surface area contributed by atoms with Crippen molar-refractivity contribution in [1.82, 2.24) is 0 Å². The first kappa shape index (κ1) is 11.5. The van der Waals surface area contributed by atoms with Gasteiger partial charge in [-0.3, -0.25) is 0 Å². The fourth-order valence-corrected chi connectivity index (χ4v) is 1.40. The zero-order valence-corrected chi connectivity index (χ0v) is 8.75. The Balaban J connectivity index is 3.11. The number of carbonyl (C=O) groups excluding carboxylic acids is 1. The van der Waals surface area contributed by atoms with Gasteiger partial charge in [0.1, 0.15) is 23.6 Å². The number of methoxy groups -OCH3 is 2. The average Bonchev–Trinajstić information content (AvgIpc) is 2.26. The number of hydrogen-bond acceptors (Lipinski definition) is 3. The minimum absolute atomic E-state index is 0.359. The minimum atomic E-state index is -0.418. The Morgan fingerprint density at radius 3 is 2.20 bits per heavy atom. The van der Waals surface area contributed by atoms with Crippen molar-refractivity contribution in [2.24, 2.45) is 0 Å². The summed E-state index contributed by atoms with van der Waals surface area (Å²) in [7, 11) is 2.91. The van der Waals surface area contributed by atoms with E-state index in [1.165, 1.54) is 26.4 Å². The molecule has 0 N–H and O–H groups in total. The van der Waals surface area contributed by atoms with Crippen molar-refractivity contribution in [1.29, 1.82) is 0 Å². The molecule has 15 heavy (non-hydrogen) atoms. The summed E-state index contributed by atoms with van der Waals surface area (Å²) >= 11 is 0. The van der Waals surface area contributed by atoms with Crippen LogP contribution in [0.15, 0.2) is 12.1 Å². The average molecular weight is 212 g/mol. The molecule has 1 aromatic carbocycles. The van der Waals surface area contributed by atoms with Crippen LogP contribution in [0.4, 0.5) is 4.39 Å². The molecule has 82 valence electrons. The SMILES string of the molecule is COc1cc(F)cc(OC)c1CCC=O. The van der Waals surface area contributed by atoms with Crippen molar-refractivity contribution in [2.75, 3.05) is 14.2 Å². The molecule has 0 aliphatic heterocycles. The van der Waals surface area contributed by atoms with E-state index < -0.39 is 5.82 Å². The highest BCUT2D eigenvalue weighted by Crippen LogP contribution is 2.30. The zero-order valence-electron chi connectivity index (χ0n) is 8.75. The topological polar surface area (TPSA) is 35.5 Å². The third-order valence-corrected chi connectivity index (χ3v) is 2.08. The summed E-state index contributed by atoms with van der Waals surface area (Å²) < 4.78 is 23.1. The van der Waals surface area contributed by atoms with Gasteiger partial charge in [0.15, 0.2) is 0 Å². The smallest absolute Gasteiger partial charge is 0.130 e. The normalized spacial score (nSPS) is 9.80. The maximum atomic E-state index is 13.1. The van der Waals surface area contributed by atoms with E-state index in [0.717, 1.165) is 6.29 Å². The van der Waals surface area contributed by atoms with Gasteiger partial charge >= 0.3 is 0 Å². The minimum Gasteiger partial charge on any atom is -0.496 e. The van der Waals surface area contributed by atoms with E-state index in [9.17, 15) is 9.18 Å². The predicted octanol–water partition coefficient (Wildman–Crippen LogP) is 1.97. The molecule has 0 fully saturated rings. The molecule has 3 nitrogen and oxygen atoms in total. The number of rotatable bonds is 5. The lowest BCUT2D eigenvalue weighted by Gasteiger charge is -2.12. The van der Waals surface area contributed by atoms with Gasteiger partial charge in [0.25, 0.3) is 0 Å². The highest BCUT2D eigenvalue weighted by Gasteiger charge is 2.11. The van der Waals surface area contributed by atoms with E-state index in [0.29, 0.717) is 29.9 Å². The molecular formula is C11H13FO3. The monoisotopic (exact) mass is 212 g/mol. The van der Waals surface area contributed by atoms with Crippen LogP contribution in [-0.4, -0.2) is 20.5 Å². The molecule has 0 aliphatic rings. The van der Waals surface area contributed by atoms with Gasteiger partial charge < -0.3 is 14.3 Å². The van der Waals surface area contributed by atoms with Crippen LogP contribution >= 0.6 is 0 Å². The highest BCUT2D eigenvalue weighted by atomic mass is 19.1. The lowest BCUT2D eigenvalue weighted by Crippen LogP contribution is -1.98. The van der Waals surface area contributed by atoms with Crippen molar-refractivity contribution >= 4 is 6.29 Å². The van der Waals surface area contributed by atoms with Crippen LogP contribution in [0.2, 0.25) is 0 Å². The fourth-order valence-electron chi connectivity index (χ4n) is 1.40. The van der Waals surface area contributed by atoms with E-state index in [1.54, 1.807) is 0 Å². The molecular weight excluding hydrogens is 199 g/mol. The second-order valence-corrected chi connectivity index (χ2v) is 2.99. The van der Waals surface area contributed by atoms with Crippen molar-refractivity contribution < 1.29 is 18.7 Å². The summed E-state index contributed by atoms with van der Waals surface area (Å²) in [5.74, 6) is 0.404. The summed E-state index contributed by atoms with van der Waals surface area (Å²) in [4.78, 5) is 10.3. The van der Waals surface area contributed by atoms with E-state index in [2.05, 4.69) is 0 Å². The van der Waals surface area contributed by atoms with Gasteiger partial charge in [0.2, 0.25) is 0 Å². The van der Waals surface area contributed by atoms with Gasteiger partial charge in [-0.15, -0.1) is 0 Å². The molecule has 0 bridgehead atoms. The number of halogens is 1. The van der Waals surface area contributed by atoms with Crippen molar-refractivity contribution in [3.05, 3.63) is 23.5 Å². The van der Waals surface area contributed by atoms with Crippen LogP contribution in [0.3, 0.4) is 0 Å². The molecule has 0 saturated carbocycles. The standard InChI is InChI=1S/C11H13FO3/c1-14-10-6-8(12)7-11(15-2)9(10)4-3-5-13/h5-7H,3-4H2,1-2H3. The molecule has 0 spiro atoms. The molecule has 0 unspecified atom stereocenters. The van der Waals surface area contributed by atoms with E-state index in [1.807, 2.05) is 0 Å². The largest absolute Gasteiger partial charge is 0.496 e. The van der Waals surface area contributed by atoms with E-state index >= 15 is 0 Å². The van der Waals surface area contributed by atoms with Gasteiger partial charge in [0, 0.05) is 24.1 Å². The summed E-state index contributed by atoms with van der Waals surface area (Å²) in [5, 5.41) is 0. The molecule has 0 amide bonds. The van der Waals surface area contributed by atoms with E-state index in [4.69, 9.17) is 9.47 Å². The first-order valence-corrected chi connectivity index (χ1v) is 4.57. The van der Waals surface area contributed by atoms with Crippen LogP contribution in [0.1, 0.15) is 12.0 Å². The fraction of sp³-hybridized carbons (Fsp3) is 0.364. The Labute approximate surface area is 87.8 Å². The Bertz CT molecular complexity index is 325. The Morgan fingerprint density at radius 1 is 1.27 bits per heavy atom. The Morgan fingerprint density at radius 2 is 1.80 bits per heavy atom. The number of ether oxygens (including phenoxy) is 2. The molecule has 4 heteroatoms. The van der Waals surface area contributed by atoms with Gasteiger partial charge in [-0.05, 0) is 6.42 Å². The quantitative estimate of drug-likeness (QED) is 0.700. The number of carbonyl (C=O) groups is 1. The van der Waals surface area contributed by atoms with Crippen LogP contribution in [0, 0.1) is 5.82 Å². The molecule has 0 saturated heterocycles. The number of hydrogen-bond donors (Lipinski definition) is 0. The summed E-state index contributed by atoms with van der Waals surface area (Å²) in [6.07, 6.45) is 1.65. The number of aldehydes is 1. The van der Waals surface area contributed by atoms with Crippen LogP contribution in [0.5, 0.6) is 11.5 Å². The second kappa shape index (κ2) is 5.34. The summed E-state index contributed by atoms with van der Waals surface area (Å²) in [6.45, 7) is 0. The molecule has 0 atom stereocenters. The molecule has 1 rings (SSSR count). The summed E-state index contributed by atoms with van der Waals surface area (Å²) in [5.41, 5.74) is 0.716. The molecule has 0 aliphatic carbocycles. The molecule has 0 heterocycles. The lowest BCUT2D eigenvalue weighted by atomic mass is 10.1. The van der Waals surface area contributed by atoms with E-state index in [-0.39, 0.29) is 0 Å². The Kier molecular flexibility index (Phi) is 4.09. The highest BCUT2D eigenvalue weighted by molar-refractivity contribution is 5.53. The van der Waals surface area contributed by atoms with Gasteiger partial charge in [-0.1, -0.05) is 0 Å². The molecule has 0 aromatic heterocycles. The predicted molar refractivity (Wildman–Crippen MR) is 53.9 cm³/mol. The first-order chi connectivity index (χ1) is 7.22. The van der Waals surface area contributed by atoms with Crippen molar-refractivity contribution in [3.8, 4) is 11.5 Å². The Hall–Kier alpha value is -1.58.